The first-order valence-electron chi connectivity index (χ1n) is 7.87. The van der Waals surface area contributed by atoms with Crippen molar-refractivity contribution in [1.82, 2.24) is 15.1 Å². The summed E-state index contributed by atoms with van der Waals surface area (Å²) >= 11 is 5.97. The van der Waals surface area contributed by atoms with Gasteiger partial charge in [-0.05, 0) is 49.5 Å². The average Bonchev–Trinajstić information content (AvgIpc) is 3.13. The first kappa shape index (κ1) is 14.1. The molecule has 1 amide bonds. The Morgan fingerprint density at radius 3 is 2.55 bits per heavy atom. The monoisotopic (exact) mass is 322 g/mol. The van der Waals surface area contributed by atoms with E-state index in [1.165, 1.54) is 18.4 Å². The number of carbonyl (C=O) groups is 1. The van der Waals surface area contributed by atoms with E-state index in [1.54, 1.807) is 4.90 Å². The molecule has 22 heavy (non-hydrogen) atoms. The van der Waals surface area contributed by atoms with Gasteiger partial charge < -0.3 is 15.3 Å². The minimum atomic E-state index is -0.793. The maximum Gasteiger partial charge on any atom is 0.407 e. The van der Waals surface area contributed by atoms with Crippen molar-refractivity contribution in [3.8, 4) is 0 Å². The summed E-state index contributed by atoms with van der Waals surface area (Å²) in [5, 5.41) is 21.3. The molecular formula is C15H19ClN4O2. The molecule has 4 rings (SSSR count). The van der Waals surface area contributed by atoms with Crippen molar-refractivity contribution in [3.63, 3.8) is 0 Å². The van der Waals surface area contributed by atoms with Gasteiger partial charge in [0.15, 0.2) is 11.0 Å². The highest BCUT2D eigenvalue weighted by Gasteiger charge is 2.42. The van der Waals surface area contributed by atoms with Crippen LogP contribution in [0.15, 0.2) is 6.07 Å². The number of hydrogen-bond acceptors (Lipinski definition) is 4. The molecular weight excluding hydrogens is 304 g/mol. The minimum absolute atomic E-state index is 0.360. The molecule has 1 aromatic heterocycles. The average molecular weight is 323 g/mol. The van der Waals surface area contributed by atoms with E-state index >= 15 is 0 Å². The first-order valence-corrected chi connectivity index (χ1v) is 8.25. The summed E-state index contributed by atoms with van der Waals surface area (Å²) < 4.78 is 0. The van der Waals surface area contributed by atoms with Gasteiger partial charge in [0.2, 0.25) is 0 Å². The van der Waals surface area contributed by atoms with Crippen LogP contribution in [0.4, 0.5) is 10.6 Å². The molecule has 0 unspecified atom stereocenters. The van der Waals surface area contributed by atoms with E-state index < -0.39 is 6.09 Å². The third-order valence-electron chi connectivity index (χ3n) is 5.17. The van der Waals surface area contributed by atoms with Gasteiger partial charge in [0.25, 0.3) is 0 Å². The van der Waals surface area contributed by atoms with E-state index in [-0.39, 0.29) is 0 Å². The van der Waals surface area contributed by atoms with Gasteiger partial charge in [-0.25, -0.2) is 4.79 Å². The van der Waals surface area contributed by atoms with Crippen LogP contribution in [-0.2, 0) is 0 Å². The Labute approximate surface area is 133 Å². The van der Waals surface area contributed by atoms with E-state index in [1.807, 2.05) is 6.07 Å². The molecule has 1 aromatic rings. The molecule has 0 radical (unpaired) electrons. The molecule has 1 aliphatic heterocycles. The zero-order valence-corrected chi connectivity index (χ0v) is 13.0. The van der Waals surface area contributed by atoms with Crippen LogP contribution in [0.2, 0.25) is 5.15 Å². The van der Waals surface area contributed by atoms with Crippen molar-refractivity contribution in [2.75, 3.05) is 18.4 Å². The second kappa shape index (κ2) is 5.26. The van der Waals surface area contributed by atoms with Gasteiger partial charge in [-0.1, -0.05) is 11.6 Å². The molecule has 2 heterocycles. The summed E-state index contributed by atoms with van der Waals surface area (Å²) in [4.78, 5) is 12.6. The number of hydrogen-bond donors (Lipinski definition) is 2. The largest absolute Gasteiger partial charge is 0.465 e. The van der Waals surface area contributed by atoms with Crippen LogP contribution < -0.4 is 5.32 Å². The molecule has 6 nitrogen and oxygen atoms in total. The van der Waals surface area contributed by atoms with Gasteiger partial charge in [0, 0.05) is 24.7 Å². The summed E-state index contributed by atoms with van der Waals surface area (Å²) in [6, 6.07) is 2.29. The Hall–Kier alpha value is -1.56. The van der Waals surface area contributed by atoms with Crippen molar-refractivity contribution in [3.05, 3.63) is 16.8 Å². The van der Waals surface area contributed by atoms with Crippen LogP contribution in [0.25, 0.3) is 0 Å². The topological polar surface area (TPSA) is 78.4 Å². The number of rotatable bonds is 3. The van der Waals surface area contributed by atoms with Crippen LogP contribution in [0.3, 0.4) is 0 Å². The van der Waals surface area contributed by atoms with Crippen molar-refractivity contribution >= 4 is 23.5 Å². The predicted molar refractivity (Wildman–Crippen MR) is 82.2 cm³/mol. The van der Waals surface area contributed by atoms with Crippen molar-refractivity contribution in [2.24, 2.45) is 11.8 Å². The lowest BCUT2D eigenvalue weighted by Crippen LogP contribution is -2.29. The summed E-state index contributed by atoms with van der Waals surface area (Å²) in [5.41, 5.74) is 1.18. The Balaban J connectivity index is 1.43. The molecule has 2 aliphatic carbocycles. The highest BCUT2D eigenvalue weighted by atomic mass is 35.5. The van der Waals surface area contributed by atoms with Gasteiger partial charge in [-0.15, -0.1) is 10.2 Å². The number of likely N-dealkylation sites (tertiary alicyclic amines) is 1. The molecule has 2 saturated carbocycles. The molecule has 0 bridgehead atoms. The van der Waals surface area contributed by atoms with Crippen LogP contribution >= 0.6 is 11.6 Å². The van der Waals surface area contributed by atoms with E-state index in [4.69, 9.17) is 16.7 Å². The summed E-state index contributed by atoms with van der Waals surface area (Å²) in [6.07, 6.45) is 3.60. The normalized spacial score (nSPS) is 30.4. The maximum absolute atomic E-state index is 11.0. The second-order valence-corrected chi connectivity index (χ2v) is 7.15. The highest BCUT2D eigenvalue weighted by Crippen LogP contribution is 2.44. The van der Waals surface area contributed by atoms with E-state index in [0.29, 0.717) is 42.0 Å². The SMILES string of the molecule is O=C(O)N1C[C@H]2C[C@H](Nc3nnc(Cl)cc3C3CC3)C[C@H]2C1. The van der Waals surface area contributed by atoms with Gasteiger partial charge >= 0.3 is 6.09 Å². The molecule has 0 spiro atoms. The van der Waals surface area contributed by atoms with E-state index in [2.05, 4.69) is 15.5 Å². The van der Waals surface area contributed by atoms with Gasteiger partial charge in [-0.2, -0.15) is 0 Å². The fraction of sp³-hybridized carbons (Fsp3) is 0.667. The quantitative estimate of drug-likeness (QED) is 0.894. The summed E-state index contributed by atoms with van der Waals surface area (Å²) in [5.74, 6) is 2.38. The number of aromatic nitrogens is 2. The molecule has 7 heteroatoms. The molecule has 118 valence electrons. The molecule has 3 fully saturated rings. The summed E-state index contributed by atoms with van der Waals surface area (Å²) in [7, 11) is 0. The Bertz CT molecular complexity index is 593. The highest BCUT2D eigenvalue weighted by molar-refractivity contribution is 6.29. The zero-order valence-electron chi connectivity index (χ0n) is 12.2. The standard InChI is InChI=1S/C15H19ClN4O2/c16-13-5-12(8-1-2-8)14(19-18-13)17-11-3-9-6-20(15(21)22)7-10(9)4-11/h5,8-11H,1-4,6-7H2,(H,17,19)(H,21,22)/t9-,10+,11+. The van der Waals surface area contributed by atoms with Crippen LogP contribution in [0, 0.1) is 11.8 Å². The van der Waals surface area contributed by atoms with Gasteiger partial charge in [-0.3, -0.25) is 0 Å². The number of carboxylic acid groups (broad SMARTS) is 1. The number of amides is 1. The minimum Gasteiger partial charge on any atom is -0.465 e. The number of nitrogens with one attached hydrogen (secondary N) is 1. The smallest absolute Gasteiger partial charge is 0.407 e. The van der Waals surface area contributed by atoms with Crippen molar-refractivity contribution < 1.29 is 9.90 Å². The number of anilines is 1. The molecule has 3 atom stereocenters. The lowest BCUT2D eigenvalue weighted by molar-refractivity contribution is 0.152. The lowest BCUT2D eigenvalue weighted by atomic mass is 10.0. The summed E-state index contributed by atoms with van der Waals surface area (Å²) in [6.45, 7) is 1.33. The number of fused-ring (bicyclic) bond motifs is 1. The Morgan fingerprint density at radius 1 is 1.27 bits per heavy atom. The molecule has 1 saturated heterocycles. The Morgan fingerprint density at radius 2 is 1.95 bits per heavy atom. The molecule has 2 N–H and O–H groups in total. The van der Waals surface area contributed by atoms with E-state index in [9.17, 15) is 4.79 Å². The van der Waals surface area contributed by atoms with Crippen molar-refractivity contribution in [2.45, 2.75) is 37.6 Å². The fourth-order valence-electron chi connectivity index (χ4n) is 3.97. The van der Waals surface area contributed by atoms with Crippen LogP contribution in [-0.4, -0.2) is 45.4 Å². The van der Waals surface area contributed by atoms with E-state index in [0.717, 1.165) is 18.7 Å². The molecule has 3 aliphatic rings. The van der Waals surface area contributed by atoms with Gasteiger partial charge in [0.1, 0.15) is 0 Å². The Kier molecular flexibility index (Phi) is 3.36. The molecule has 0 aromatic carbocycles. The van der Waals surface area contributed by atoms with Crippen molar-refractivity contribution in [1.29, 1.82) is 0 Å². The number of halogens is 1. The third kappa shape index (κ3) is 2.60. The third-order valence-corrected chi connectivity index (χ3v) is 5.36. The van der Waals surface area contributed by atoms with Gasteiger partial charge in [0.05, 0.1) is 0 Å². The number of nitrogens with zero attached hydrogens (tertiary/aromatic N) is 3. The fourth-order valence-corrected chi connectivity index (χ4v) is 4.12. The van der Waals surface area contributed by atoms with Crippen LogP contribution in [0.5, 0.6) is 0 Å². The lowest BCUT2D eigenvalue weighted by Gasteiger charge is -2.19. The predicted octanol–water partition coefficient (Wildman–Crippen LogP) is 2.81. The second-order valence-electron chi connectivity index (χ2n) is 6.77. The van der Waals surface area contributed by atoms with Crippen LogP contribution in [0.1, 0.15) is 37.2 Å². The first-order chi connectivity index (χ1) is 10.6. The zero-order chi connectivity index (χ0) is 15.3. The maximum atomic E-state index is 11.0.